The predicted octanol–water partition coefficient (Wildman–Crippen LogP) is 2.04. The van der Waals surface area contributed by atoms with Gasteiger partial charge in [-0.05, 0) is 40.7 Å². The molecule has 0 amide bonds. The Balaban J connectivity index is 1.78. The summed E-state index contributed by atoms with van der Waals surface area (Å²) in [6.07, 6.45) is 6.85. The molecule has 102 valence electrons. The molecule has 0 radical (unpaired) electrons. The van der Waals surface area contributed by atoms with Crippen LogP contribution in [0.4, 0.5) is 0 Å². The van der Waals surface area contributed by atoms with Crippen molar-refractivity contribution in [1.29, 1.82) is 0 Å². The molecule has 18 heavy (non-hydrogen) atoms. The minimum atomic E-state index is 0.375. The van der Waals surface area contributed by atoms with E-state index < -0.39 is 0 Å². The van der Waals surface area contributed by atoms with Gasteiger partial charge in [0.05, 0.1) is 6.20 Å². The van der Waals surface area contributed by atoms with E-state index in [2.05, 4.69) is 49.3 Å². The predicted molar refractivity (Wildman–Crippen MR) is 74.6 cm³/mol. The minimum Gasteiger partial charge on any atom is -0.309 e. The van der Waals surface area contributed by atoms with Crippen LogP contribution in [-0.4, -0.2) is 40.4 Å². The molecule has 0 spiro atoms. The second-order valence-corrected chi connectivity index (χ2v) is 5.50. The molecule has 1 aliphatic rings. The van der Waals surface area contributed by atoms with Crippen molar-refractivity contribution in [2.45, 2.75) is 58.3 Å². The van der Waals surface area contributed by atoms with Crippen LogP contribution >= 0.6 is 0 Å². The Morgan fingerprint density at radius 1 is 1.50 bits per heavy atom. The quantitative estimate of drug-likeness (QED) is 0.804. The summed E-state index contributed by atoms with van der Waals surface area (Å²) < 4.78 is 1.98. The van der Waals surface area contributed by atoms with E-state index in [1.807, 2.05) is 10.9 Å². The molecule has 0 aromatic carbocycles. The van der Waals surface area contributed by atoms with E-state index in [1.165, 1.54) is 18.4 Å². The van der Waals surface area contributed by atoms with Gasteiger partial charge in [-0.15, -0.1) is 0 Å². The summed E-state index contributed by atoms with van der Waals surface area (Å²) in [5.74, 6) is 0. The van der Waals surface area contributed by atoms with Gasteiger partial charge in [-0.3, -0.25) is 9.58 Å². The van der Waals surface area contributed by atoms with Gasteiger partial charge in [-0.25, -0.2) is 0 Å². The Morgan fingerprint density at radius 2 is 2.22 bits per heavy atom. The van der Waals surface area contributed by atoms with Gasteiger partial charge >= 0.3 is 0 Å². The molecule has 0 saturated heterocycles. The first-order valence-electron chi connectivity index (χ1n) is 7.09. The first kappa shape index (κ1) is 13.6. The molecule has 2 unspecified atom stereocenters. The van der Waals surface area contributed by atoms with Crippen LogP contribution in [-0.2, 0) is 6.54 Å². The molecule has 1 heterocycles. The number of nitrogens with zero attached hydrogens (tertiary/aromatic N) is 3. The topological polar surface area (TPSA) is 33.1 Å². The van der Waals surface area contributed by atoms with Crippen molar-refractivity contribution in [1.82, 2.24) is 20.0 Å². The van der Waals surface area contributed by atoms with Crippen LogP contribution in [0.15, 0.2) is 12.4 Å². The monoisotopic (exact) mass is 250 g/mol. The molecule has 4 heteroatoms. The van der Waals surface area contributed by atoms with Gasteiger partial charge < -0.3 is 5.32 Å². The van der Waals surface area contributed by atoms with Crippen LogP contribution in [0.3, 0.4) is 0 Å². The van der Waals surface area contributed by atoms with E-state index in [0.717, 1.165) is 19.1 Å². The van der Waals surface area contributed by atoms with Crippen LogP contribution in [0, 0.1) is 0 Å². The maximum atomic E-state index is 4.32. The van der Waals surface area contributed by atoms with E-state index in [9.17, 15) is 0 Å². The Bertz CT molecular complexity index is 370. The molecule has 1 aromatic rings. The summed E-state index contributed by atoms with van der Waals surface area (Å²) in [7, 11) is 2.24. The standard InChI is InChI=1S/C14H26N4/c1-5-18-10-13(9-16-18)12(3)15-8-11(2)17(4)14-6-7-14/h9-12,14-15H,5-8H2,1-4H3. The molecule has 1 saturated carbocycles. The van der Waals surface area contributed by atoms with E-state index in [0.29, 0.717) is 12.1 Å². The summed E-state index contributed by atoms with van der Waals surface area (Å²) in [6, 6.07) is 1.81. The maximum Gasteiger partial charge on any atom is 0.0537 e. The Morgan fingerprint density at radius 3 is 2.78 bits per heavy atom. The second kappa shape index (κ2) is 5.85. The first-order valence-corrected chi connectivity index (χ1v) is 7.09. The summed E-state index contributed by atoms with van der Waals surface area (Å²) in [4.78, 5) is 2.50. The molecular weight excluding hydrogens is 224 g/mol. The van der Waals surface area contributed by atoms with Crippen molar-refractivity contribution in [3.63, 3.8) is 0 Å². The van der Waals surface area contributed by atoms with Gasteiger partial charge in [0.2, 0.25) is 0 Å². The fraction of sp³-hybridized carbons (Fsp3) is 0.786. The fourth-order valence-electron chi connectivity index (χ4n) is 2.23. The van der Waals surface area contributed by atoms with Gasteiger partial charge in [0.1, 0.15) is 0 Å². The number of hydrogen-bond acceptors (Lipinski definition) is 3. The fourth-order valence-corrected chi connectivity index (χ4v) is 2.23. The van der Waals surface area contributed by atoms with Crippen LogP contribution in [0.2, 0.25) is 0 Å². The van der Waals surface area contributed by atoms with Crippen LogP contribution in [0.5, 0.6) is 0 Å². The summed E-state index contributed by atoms with van der Waals surface area (Å²) in [6.45, 7) is 8.59. The summed E-state index contributed by atoms with van der Waals surface area (Å²) in [5.41, 5.74) is 1.28. The number of aromatic nitrogens is 2. The number of hydrogen-bond donors (Lipinski definition) is 1. The zero-order valence-electron chi connectivity index (χ0n) is 12.1. The average molecular weight is 250 g/mol. The highest BCUT2D eigenvalue weighted by molar-refractivity contribution is 5.09. The minimum absolute atomic E-state index is 0.375. The molecule has 0 bridgehead atoms. The zero-order valence-corrected chi connectivity index (χ0v) is 12.1. The highest BCUT2D eigenvalue weighted by Crippen LogP contribution is 2.26. The van der Waals surface area contributed by atoms with Crippen molar-refractivity contribution in [3.05, 3.63) is 18.0 Å². The third-order valence-corrected chi connectivity index (χ3v) is 4.01. The SMILES string of the molecule is CCn1cc(C(C)NCC(C)N(C)C2CC2)cn1. The smallest absolute Gasteiger partial charge is 0.0537 e. The summed E-state index contributed by atoms with van der Waals surface area (Å²) in [5, 5.41) is 7.93. The number of nitrogens with one attached hydrogen (secondary N) is 1. The average Bonchev–Trinajstić information content (AvgIpc) is 3.12. The highest BCUT2D eigenvalue weighted by Gasteiger charge is 2.29. The van der Waals surface area contributed by atoms with Crippen molar-refractivity contribution in [2.24, 2.45) is 0 Å². The highest BCUT2D eigenvalue weighted by atomic mass is 15.3. The molecule has 2 atom stereocenters. The van der Waals surface area contributed by atoms with E-state index in [4.69, 9.17) is 0 Å². The van der Waals surface area contributed by atoms with Gasteiger partial charge in [-0.1, -0.05) is 0 Å². The number of likely N-dealkylation sites (N-methyl/N-ethyl adjacent to an activating group) is 1. The third kappa shape index (κ3) is 3.33. The van der Waals surface area contributed by atoms with Crippen molar-refractivity contribution in [2.75, 3.05) is 13.6 Å². The molecule has 1 aromatic heterocycles. The Hall–Kier alpha value is -0.870. The number of rotatable bonds is 7. The molecule has 2 rings (SSSR count). The third-order valence-electron chi connectivity index (χ3n) is 4.01. The van der Waals surface area contributed by atoms with Crippen LogP contribution < -0.4 is 5.32 Å². The van der Waals surface area contributed by atoms with Crippen molar-refractivity contribution in [3.8, 4) is 0 Å². The van der Waals surface area contributed by atoms with Crippen molar-refractivity contribution < 1.29 is 0 Å². The zero-order chi connectivity index (χ0) is 13.1. The molecule has 1 fully saturated rings. The van der Waals surface area contributed by atoms with Gasteiger partial charge in [0.15, 0.2) is 0 Å². The van der Waals surface area contributed by atoms with Gasteiger partial charge in [0.25, 0.3) is 0 Å². The lowest BCUT2D eigenvalue weighted by atomic mass is 10.2. The molecule has 1 aliphatic carbocycles. The molecule has 4 nitrogen and oxygen atoms in total. The molecular formula is C14H26N4. The molecule has 1 N–H and O–H groups in total. The van der Waals surface area contributed by atoms with Crippen LogP contribution in [0.1, 0.15) is 45.2 Å². The lowest BCUT2D eigenvalue weighted by Crippen LogP contribution is -2.39. The first-order chi connectivity index (χ1) is 8.61. The maximum absolute atomic E-state index is 4.32. The van der Waals surface area contributed by atoms with Gasteiger partial charge in [-0.2, -0.15) is 5.10 Å². The van der Waals surface area contributed by atoms with Crippen molar-refractivity contribution >= 4 is 0 Å². The van der Waals surface area contributed by atoms with E-state index in [1.54, 1.807) is 0 Å². The van der Waals surface area contributed by atoms with Crippen LogP contribution in [0.25, 0.3) is 0 Å². The van der Waals surface area contributed by atoms with Gasteiger partial charge in [0, 0.05) is 43.0 Å². The Labute approximate surface area is 110 Å². The lowest BCUT2D eigenvalue weighted by molar-refractivity contribution is 0.237. The lowest BCUT2D eigenvalue weighted by Gasteiger charge is -2.26. The Kier molecular flexibility index (Phi) is 4.40. The molecule has 0 aliphatic heterocycles. The van der Waals surface area contributed by atoms with E-state index in [-0.39, 0.29) is 0 Å². The second-order valence-electron chi connectivity index (χ2n) is 5.50. The number of aryl methyl sites for hydroxylation is 1. The normalized spacial score (nSPS) is 19.2. The summed E-state index contributed by atoms with van der Waals surface area (Å²) >= 11 is 0. The largest absolute Gasteiger partial charge is 0.309 e. The van der Waals surface area contributed by atoms with E-state index >= 15 is 0 Å².